The zero-order chi connectivity index (χ0) is 15.5. The Morgan fingerprint density at radius 2 is 1.95 bits per heavy atom. The quantitative estimate of drug-likeness (QED) is 0.613. The van der Waals surface area contributed by atoms with Gasteiger partial charge < -0.3 is 15.0 Å². The van der Waals surface area contributed by atoms with Gasteiger partial charge in [-0.05, 0) is 31.1 Å². The molecule has 1 amide bonds. The fourth-order valence-corrected chi connectivity index (χ4v) is 3.70. The first-order valence-electron chi connectivity index (χ1n) is 7.81. The third-order valence-corrected chi connectivity index (χ3v) is 4.79. The lowest BCUT2D eigenvalue weighted by molar-refractivity contribution is -0.152. The molecule has 4 atom stereocenters. The molecule has 1 heterocycles. The van der Waals surface area contributed by atoms with Gasteiger partial charge in [0.2, 0.25) is 5.91 Å². The SMILES string of the molecule is O=C(O)[C@@H]1[C@@H](C(=O)NCCCn2ccnc2)[C@H]2C=C[C@@H]1CC2. The van der Waals surface area contributed by atoms with E-state index in [9.17, 15) is 14.7 Å². The van der Waals surface area contributed by atoms with Gasteiger partial charge in [-0.1, -0.05) is 12.2 Å². The highest BCUT2D eigenvalue weighted by molar-refractivity contribution is 5.86. The van der Waals surface area contributed by atoms with Crippen molar-refractivity contribution in [2.75, 3.05) is 6.54 Å². The van der Waals surface area contributed by atoms with Crippen LogP contribution >= 0.6 is 0 Å². The van der Waals surface area contributed by atoms with Crippen molar-refractivity contribution in [3.05, 3.63) is 30.9 Å². The second-order valence-electron chi connectivity index (χ2n) is 6.12. The number of fused-ring (bicyclic) bond motifs is 2. The van der Waals surface area contributed by atoms with Gasteiger partial charge in [0.1, 0.15) is 0 Å². The molecule has 0 unspecified atom stereocenters. The van der Waals surface area contributed by atoms with E-state index in [0.29, 0.717) is 6.54 Å². The van der Waals surface area contributed by atoms with Crippen LogP contribution in [0.3, 0.4) is 0 Å². The van der Waals surface area contributed by atoms with Crippen LogP contribution in [0, 0.1) is 23.7 Å². The fraction of sp³-hybridized carbons (Fsp3) is 0.562. The van der Waals surface area contributed by atoms with Crippen LogP contribution in [0.2, 0.25) is 0 Å². The maximum Gasteiger partial charge on any atom is 0.307 e. The lowest BCUT2D eigenvalue weighted by atomic mass is 9.62. The topological polar surface area (TPSA) is 84.2 Å². The van der Waals surface area contributed by atoms with Crippen LogP contribution in [-0.4, -0.2) is 33.1 Å². The van der Waals surface area contributed by atoms with Crippen molar-refractivity contribution >= 4 is 11.9 Å². The van der Waals surface area contributed by atoms with Crippen LogP contribution in [-0.2, 0) is 16.1 Å². The predicted molar refractivity (Wildman–Crippen MR) is 79.8 cm³/mol. The Kier molecular flexibility index (Phi) is 4.27. The molecular weight excluding hydrogens is 282 g/mol. The average molecular weight is 303 g/mol. The number of carbonyl (C=O) groups excluding carboxylic acids is 1. The number of carboxylic acid groups (broad SMARTS) is 1. The van der Waals surface area contributed by atoms with Gasteiger partial charge in [-0.3, -0.25) is 9.59 Å². The molecule has 2 bridgehead atoms. The molecule has 6 heteroatoms. The summed E-state index contributed by atoms with van der Waals surface area (Å²) in [7, 11) is 0. The largest absolute Gasteiger partial charge is 0.481 e. The van der Waals surface area contributed by atoms with Crippen molar-refractivity contribution in [2.45, 2.75) is 25.8 Å². The van der Waals surface area contributed by atoms with Crippen LogP contribution < -0.4 is 5.32 Å². The molecule has 1 fully saturated rings. The number of hydrogen-bond acceptors (Lipinski definition) is 3. The lowest BCUT2D eigenvalue weighted by Gasteiger charge is -2.41. The highest BCUT2D eigenvalue weighted by Gasteiger charge is 2.47. The molecule has 0 saturated heterocycles. The highest BCUT2D eigenvalue weighted by atomic mass is 16.4. The minimum absolute atomic E-state index is 0.00389. The maximum atomic E-state index is 12.4. The molecule has 118 valence electrons. The van der Waals surface area contributed by atoms with E-state index in [0.717, 1.165) is 25.8 Å². The smallest absolute Gasteiger partial charge is 0.307 e. The number of rotatable bonds is 6. The first-order valence-corrected chi connectivity index (χ1v) is 7.81. The monoisotopic (exact) mass is 303 g/mol. The van der Waals surface area contributed by atoms with E-state index in [1.807, 2.05) is 22.9 Å². The van der Waals surface area contributed by atoms with Crippen molar-refractivity contribution in [1.82, 2.24) is 14.9 Å². The Labute approximate surface area is 129 Å². The Morgan fingerprint density at radius 3 is 2.55 bits per heavy atom. The standard InChI is InChI=1S/C16H21N3O3/c20-15(18-6-1-8-19-9-7-17-10-19)13-11-2-4-12(5-3-11)14(13)16(21)22/h2,4,7,9-14H,1,3,5-6,8H2,(H,18,20)(H,21,22)/t11-,12+,13-,14-/m0/s1. The number of nitrogens with one attached hydrogen (secondary N) is 1. The summed E-state index contributed by atoms with van der Waals surface area (Å²) in [6.45, 7) is 1.35. The molecule has 4 rings (SSSR count). The summed E-state index contributed by atoms with van der Waals surface area (Å²) in [5.74, 6) is -1.88. The highest BCUT2D eigenvalue weighted by Crippen LogP contribution is 2.44. The van der Waals surface area contributed by atoms with Crippen molar-refractivity contribution in [3.63, 3.8) is 0 Å². The van der Waals surface area contributed by atoms with Gasteiger partial charge in [0.15, 0.2) is 0 Å². The number of imidazole rings is 1. The second-order valence-corrected chi connectivity index (χ2v) is 6.12. The Bertz CT molecular complexity index is 567. The summed E-state index contributed by atoms with van der Waals surface area (Å²) >= 11 is 0. The molecule has 3 aliphatic carbocycles. The lowest BCUT2D eigenvalue weighted by Crippen LogP contribution is -2.49. The molecule has 3 aliphatic rings. The van der Waals surface area contributed by atoms with E-state index in [1.165, 1.54) is 0 Å². The minimum atomic E-state index is -0.849. The zero-order valence-electron chi connectivity index (χ0n) is 12.4. The van der Waals surface area contributed by atoms with E-state index in [-0.39, 0.29) is 17.7 Å². The van der Waals surface area contributed by atoms with Crippen molar-refractivity contribution in [2.24, 2.45) is 23.7 Å². The van der Waals surface area contributed by atoms with Crippen LogP contribution in [0.25, 0.3) is 0 Å². The van der Waals surface area contributed by atoms with Crippen LogP contribution in [0.4, 0.5) is 0 Å². The van der Waals surface area contributed by atoms with Crippen LogP contribution in [0.5, 0.6) is 0 Å². The second kappa shape index (κ2) is 6.34. The van der Waals surface area contributed by atoms with Gasteiger partial charge in [0.05, 0.1) is 18.2 Å². The van der Waals surface area contributed by atoms with Gasteiger partial charge in [-0.25, -0.2) is 4.98 Å². The summed E-state index contributed by atoms with van der Waals surface area (Å²) < 4.78 is 1.96. The molecule has 1 aromatic rings. The molecule has 0 spiro atoms. The molecule has 0 radical (unpaired) electrons. The number of aliphatic carboxylic acids is 1. The normalized spacial score (nSPS) is 29.5. The number of aromatic nitrogens is 2. The Balaban J connectivity index is 1.54. The van der Waals surface area contributed by atoms with Gasteiger partial charge in [-0.15, -0.1) is 0 Å². The van der Waals surface area contributed by atoms with E-state index >= 15 is 0 Å². The summed E-state index contributed by atoms with van der Waals surface area (Å²) in [4.78, 5) is 27.9. The first-order chi connectivity index (χ1) is 10.7. The number of amides is 1. The molecular formula is C16H21N3O3. The molecule has 0 aliphatic heterocycles. The number of hydrogen-bond donors (Lipinski definition) is 2. The molecule has 22 heavy (non-hydrogen) atoms. The first kappa shape index (κ1) is 14.8. The average Bonchev–Trinajstić information content (AvgIpc) is 3.04. The summed E-state index contributed by atoms with van der Waals surface area (Å²) in [5, 5.41) is 12.4. The van der Waals surface area contributed by atoms with Crippen molar-refractivity contribution in [1.29, 1.82) is 0 Å². The number of carboxylic acids is 1. The Morgan fingerprint density at radius 1 is 1.23 bits per heavy atom. The minimum Gasteiger partial charge on any atom is -0.481 e. The van der Waals surface area contributed by atoms with Crippen LogP contribution in [0.1, 0.15) is 19.3 Å². The molecule has 2 N–H and O–H groups in total. The zero-order valence-corrected chi connectivity index (χ0v) is 12.4. The van der Waals surface area contributed by atoms with Gasteiger partial charge in [0, 0.05) is 25.5 Å². The molecule has 0 aromatic carbocycles. The summed E-state index contributed by atoms with van der Waals surface area (Å²) in [6.07, 6.45) is 12.0. The number of nitrogens with zero attached hydrogens (tertiary/aromatic N) is 2. The molecule has 1 saturated carbocycles. The van der Waals surface area contributed by atoms with E-state index in [2.05, 4.69) is 10.3 Å². The summed E-state index contributed by atoms with van der Waals surface area (Å²) in [5.41, 5.74) is 0. The molecule has 6 nitrogen and oxygen atoms in total. The molecule has 1 aromatic heterocycles. The number of carbonyl (C=O) groups is 2. The Hall–Kier alpha value is -2.11. The van der Waals surface area contributed by atoms with Crippen molar-refractivity contribution in [3.8, 4) is 0 Å². The van der Waals surface area contributed by atoms with E-state index in [4.69, 9.17) is 0 Å². The van der Waals surface area contributed by atoms with Crippen LogP contribution in [0.15, 0.2) is 30.9 Å². The third-order valence-electron chi connectivity index (χ3n) is 4.79. The van der Waals surface area contributed by atoms with Crippen molar-refractivity contribution < 1.29 is 14.7 Å². The van der Waals surface area contributed by atoms with Gasteiger partial charge in [0.25, 0.3) is 0 Å². The van der Waals surface area contributed by atoms with Gasteiger partial charge >= 0.3 is 5.97 Å². The number of allylic oxidation sites excluding steroid dienone is 2. The number of aryl methyl sites for hydroxylation is 1. The fourth-order valence-electron chi connectivity index (χ4n) is 3.70. The third kappa shape index (κ3) is 2.91. The van der Waals surface area contributed by atoms with E-state index < -0.39 is 17.8 Å². The van der Waals surface area contributed by atoms with Gasteiger partial charge in [-0.2, -0.15) is 0 Å². The maximum absolute atomic E-state index is 12.4. The summed E-state index contributed by atoms with van der Waals surface area (Å²) in [6, 6.07) is 0. The van der Waals surface area contributed by atoms with E-state index in [1.54, 1.807) is 12.5 Å². The predicted octanol–water partition coefficient (Wildman–Crippen LogP) is 1.30.